The Bertz CT molecular complexity index is 892. The average molecular weight is 412 g/mol. The van der Waals surface area contributed by atoms with Gasteiger partial charge in [-0.25, -0.2) is 0 Å². The fourth-order valence-electron chi connectivity index (χ4n) is 3.64. The molecule has 1 atom stereocenters. The first-order chi connectivity index (χ1) is 14.1. The van der Waals surface area contributed by atoms with Crippen LogP contribution in [0.1, 0.15) is 47.3 Å². The van der Waals surface area contributed by atoms with Gasteiger partial charge in [-0.05, 0) is 61.2 Å². The van der Waals surface area contributed by atoms with E-state index in [9.17, 15) is 14.4 Å². The van der Waals surface area contributed by atoms with Crippen LogP contribution in [-0.4, -0.2) is 35.2 Å². The molecule has 6 nitrogen and oxygen atoms in total. The molecule has 4 rings (SSSR count). The second kappa shape index (κ2) is 8.78. The smallest absolute Gasteiger partial charge is 0.264 e. The highest BCUT2D eigenvalue weighted by Gasteiger charge is 2.33. The van der Waals surface area contributed by atoms with E-state index in [0.717, 1.165) is 36.9 Å². The van der Waals surface area contributed by atoms with E-state index in [2.05, 4.69) is 10.6 Å². The van der Waals surface area contributed by atoms with Gasteiger partial charge in [-0.15, -0.1) is 11.3 Å². The first kappa shape index (κ1) is 19.6. The molecule has 1 aliphatic heterocycles. The molecule has 0 spiro atoms. The topological polar surface area (TPSA) is 78.5 Å². The Hall–Kier alpha value is -2.67. The van der Waals surface area contributed by atoms with E-state index in [1.807, 2.05) is 35.7 Å². The van der Waals surface area contributed by atoms with Crippen molar-refractivity contribution in [1.82, 2.24) is 10.2 Å². The predicted octanol–water partition coefficient (Wildman–Crippen LogP) is 3.41. The lowest BCUT2D eigenvalue weighted by atomic mass is 10.0. The maximum absolute atomic E-state index is 12.8. The molecule has 2 N–H and O–H groups in total. The summed E-state index contributed by atoms with van der Waals surface area (Å²) in [6.45, 7) is 0.973. The number of rotatable bonds is 6. The first-order valence-corrected chi connectivity index (χ1v) is 11.0. The van der Waals surface area contributed by atoms with Crippen LogP contribution >= 0.6 is 11.3 Å². The molecule has 0 radical (unpaired) electrons. The molecular weight excluding hydrogens is 386 g/mol. The quantitative estimate of drug-likeness (QED) is 0.765. The second-order valence-electron chi connectivity index (χ2n) is 7.67. The van der Waals surface area contributed by atoms with Crippen LogP contribution in [0, 0.1) is 5.92 Å². The largest absolute Gasteiger partial charge is 0.350 e. The Morgan fingerprint density at radius 1 is 1.03 bits per heavy atom. The third kappa shape index (κ3) is 4.85. The van der Waals surface area contributed by atoms with Crippen molar-refractivity contribution in [3.63, 3.8) is 0 Å². The lowest BCUT2D eigenvalue weighted by molar-refractivity contribution is -0.126. The summed E-state index contributed by atoms with van der Waals surface area (Å²) >= 11 is 1.40. The number of nitrogens with one attached hydrogen (secondary N) is 2. The number of amides is 3. The lowest BCUT2D eigenvalue weighted by Gasteiger charge is -2.34. The monoisotopic (exact) mass is 411 g/mol. The molecule has 3 amide bonds. The fourth-order valence-corrected chi connectivity index (χ4v) is 4.32. The zero-order valence-electron chi connectivity index (χ0n) is 16.2. The molecule has 2 aromatic rings. The fraction of sp³-hybridized carbons (Fsp3) is 0.409. The Kier molecular flexibility index (Phi) is 5.94. The minimum atomic E-state index is -0.434. The third-order valence-electron chi connectivity index (χ3n) is 5.41. The van der Waals surface area contributed by atoms with E-state index in [-0.39, 0.29) is 23.6 Å². The molecule has 2 fully saturated rings. The number of thiophene rings is 1. The first-order valence-electron chi connectivity index (χ1n) is 10.1. The zero-order valence-corrected chi connectivity index (χ0v) is 17.0. The molecule has 2 aliphatic rings. The summed E-state index contributed by atoms with van der Waals surface area (Å²) < 4.78 is 0. The van der Waals surface area contributed by atoms with Gasteiger partial charge in [0.15, 0.2) is 0 Å². The minimum absolute atomic E-state index is 0.0652. The molecule has 1 saturated heterocycles. The van der Waals surface area contributed by atoms with E-state index in [1.165, 1.54) is 11.3 Å². The molecule has 1 unspecified atom stereocenters. The van der Waals surface area contributed by atoms with Crippen LogP contribution < -0.4 is 10.6 Å². The molecule has 0 bridgehead atoms. The van der Waals surface area contributed by atoms with E-state index in [4.69, 9.17) is 0 Å². The average Bonchev–Trinajstić information content (AvgIpc) is 3.46. The van der Waals surface area contributed by atoms with Gasteiger partial charge in [0.1, 0.15) is 6.04 Å². The SMILES string of the molecule is O=C(Nc1cccc(CNC(=O)C2CCCCN2C(=O)c2cccs2)c1)C1CC1. The summed E-state index contributed by atoms with van der Waals surface area (Å²) in [6.07, 6.45) is 4.46. The van der Waals surface area contributed by atoms with Crippen molar-refractivity contribution >= 4 is 34.7 Å². The van der Waals surface area contributed by atoms with Crippen molar-refractivity contribution < 1.29 is 14.4 Å². The highest BCUT2D eigenvalue weighted by Crippen LogP contribution is 2.30. The van der Waals surface area contributed by atoms with Crippen LogP contribution in [0.15, 0.2) is 41.8 Å². The minimum Gasteiger partial charge on any atom is -0.350 e. The highest BCUT2D eigenvalue weighted by molar-refractivity contribution is 7.12. The standard InChI is InChI=1S/C22H25N3O3S/c26-20(16-9-10-16)24-17-6-3-5-15(13-17)14-23-21(27)18-7-1-2-11-25(18)22(28)19-8-4-12-29-19/h3-6,8,12-13,16,18H,1-2,7,9-11,14H2,(H,23,27)(H,24,26). The van der Waals surface area contributed by atoms with Gasteiger partial charge >= 0.3 is 0 Å². The molecule has 1 aromatic heterocycles. The van der Waals surface area contributed by atoms with E-state index in [0.29, 0.717) is 24.4 Å². The number of carbonyl (C=O) groups is 3. The Labute approximate surface area is 174 Å². The van der Waals surface area contributed by atoms with Gasteiger partial charge < -0.3 is 15.5 Å². The number of nitrogens with zero attached hydrogens (tertiary/aromatic N) is 1. The molecule has 152 valence electrons. The summed E-state index contributed by atoms with van der Waals surface area (Å²) in [5.74, 6) is 0.0271. The van der Waals surface area contributed by atoms with Crippen molar-refractivity contribution in [3.05, 3.63) is 52.2 Å². The Balaban J connectivity index is 1.36. The summed E-state index contributed by atoms with van der Waals surface area (Å²) in [4.78, 5) is 39.9. The number of hydrogen-bond donors (Lipinski definition) is 2. The number of benzene rings is 1. The normalized spacial score (nSPS) is 18.9. The number of piperidine rings is 1. The van der Waals surface area contributed by atoms with Gasteiger partial charge in [-0.2, -0.15) is 0 Å². The van der Waals surface area contributed by atoms with Crippen molar-refractivity contribution in [2.24, 2.45) is 5.92 Å². The molecule has 1 aromatic carbocycles. The highest BCUT2D eigenvalue weighted by atomic mass is 32.1. The number of likely N-dealkylation sites (tertiary alicyclic amines) is 1. The maximum atomic E-state index is 12.8. The summed E-state index contributed by atoms with van der Waals surface area (Å²) in [6, 6.07) is 10.8. The van der Waals surface area contributed by atoms with E-state index in [1.54, 1.807) is 11.0 Å². The number of anilines is 1. The van der Waals surface area contributed by atoms with Gasteiger partial charge in [0.25, 0.3) is 5.91 Å². The van der Waals surface area contributed by atoms with Crippen LogP contribution in [0.3, 0.4) is 0 Å². The van der Waals surface area contributed by atoms with E-state index >= 15 is 0 Å². The lowest BCUT2D eigenvalue weighted by Crippen LogP contribution is -2.51. The van der Waals surface area contributed by atoms with Crippen LogP contribution in [-0.2, 0) is 16.1 Å². The molecule has 2 heterocycles. The summed E-state index contributed by atoms with van der Waals surface area (Å²) in [5.41, 5.74) is 1.67. The van der Waals surface area contributed by atoms with E-state index < -0.39 is 6.04 Å². The van der Waals surface area contributed by atoms with Gasteiger partial charge in [0, 0.05) is 24.7 Å². The summed E-state index contributed by atoms with van der Waals surface area (Å²) in [5, 5.41) is 7.78. The van der Waals surface area contributed by atoms with Crippen LogP contribution in [0.25, 0.3) is 0 Å². The van der Waals surface area contributed by atoms with Crippen molar-refractivity contribution in [3.8, 4) is 0 Å². The molecule has 7 heteroatoms. The van der Waals surface area contributed by atoms with Crippen LogP contribution in [0.5, 0.6) is 0 Å². The van der Waals surface area contributed by atoms with Crippen molar-refractivity contribution in [2.75, 3.05) is 11.9 Å². The Morgan fingerprint density at radius 2 is 1.90 bits per heavy atom. The molecule has 29 heavy (non-hydrogen) atoms. The van der Waals surface area contributed by atoms with Gasteiger partial charge in [-0.1, -0.05) is 18.2 Å². The second-order valence-corrected chi connectivity index (χ2v) is 8.62. The van der Waals surface area contributed by atoms with Crippen LogP contribution in [0.4, 0.5) is 5.69 Å². The zero-order chi connectivity index (χ0) is 20.2. The number of carbonyl (C=O) groups excluding carboxylic acids is 3. The maximum Gasteiger partial charge on any atom is 0.264 e. The molecule has 1 saturated carbocycles. The van der Waals surface area contributed by atoms with Gasteiger partial charge in [0.2, 0.25) is 11.8 Å². The van der Waals surface area contributed by atoms with Crippen molar-refractivity contribution in [1.29, 1.82) is 0 Å². The van der Waals surface area contributed by atoms with Gasteiger partial charge in [0.05, 0.1) is 4.88 Å². The van der Waals surface area contributed by atoms with Gasteiger partial charge in [-0.3, -0.25) is 14.4 Å². The summed E-state index contributed by atoms with van der Waals surface area (Å²) in [7, 11) is 0. The van der Waals surface area contributed by atoms with Crippen LogP contribution in [0.2, 0.25) is 0 Å². The Morgan fingerprint density at radius 3 is 2.66 bits per heavy atom. The molecular formula is C22H25N3O3S. The number of hydrogen-bond acceptors (Lipinski definition) is 4. The third-order valence-corrected chi connectivity index (χ3v) is 6.27. The van der Waals surface area contributed by atoms with Crippen molar-refractivity contribution in [2.45, 2.75) is 44.7 Å². The predicted molar refractivity (Wildman–Crippen MR) is 113 cm³/mol. The molecule has 1 aliphatic carbocycles.